The van der Waals surface area contributed by atoms with Crippen LogP contribution in [-0.2, 0) is 12.8 Å². The maximum Gasteiger partial charge on any atom is 0.0349 e. The number of benzene rings is 4. The Morgan fingerprint density at radius 1 is 0.567 bits per heavy atom. The van der Waals surface area contributed by atoms with Crippen LogP contribution in [0.5, 0.6) is 0 Å². The summed E-state index contributed by atoms with van der Waals surface area (Å²) in [4.78, 5) is 2.66. The normalized spacial score (nSPS) is 11.4. The molecule has 30 heavy (non-hydrogen) atoms. The summed E-state index contributed by atoms with van der Waals surface area (Å²) in [5.41, 5.74) is 5.59. The summed E-state index contributed by atoms with van der Waals surface area (Å²) in [5, 5.41) is 5.70. The van der Waals surface area contributed by atoms with Gasteiger partial charge in [-0.1, -0.05) is 87.0 Å². The van der Waals surface area contributed by atoms with Gasteiger partial charge >= 0.3 is 0 Å². The summed E-state index contributed by atoms with van der Waals surface area (Å²) in [6, 6.07) is 31.3. The molecule has 0 N–H and O–H groups in total. The minimum Gasteiger partial charge on any atom is -0.135 e. The van der Waals surface area contributed by atoms with E-state index in [0.717, 1.165) is 19.3 Å². The second-order valence-corrected chi connectivity index (χ2v) is 8.98. The number of aryl methyl sites for hydroxylation is 2. The molecule has 0 saturated carbocycles. The van der Waals surface area contributed by atoms with Crippen molar-refractivity contribution in [3.63, 3.8) is 0 Å². The Morgan fingerprint density at radius 3 is 1.90 bits per heavy atom. The first-order valence-corrected chi connectivity index (χ1v) is 11.7. The number of thiophene rings is 1. The molecular weight excluding hydrogens is 380 g/mol. The Labute approximate surface area is 182 Å². The lowest BCUT2D eigenvalue weighted by molar-refractivity contribution is 0.936. The van der Waals surface area contributed by atoms with Crippen molar-refractivity contribution in [2.45, 2.75) is 33.1 Å². The van der Waals surface area contributed by atoms with Crippen LogP contribution in [0, 0.1) is 0 Å². The van der Waals surface area contributed by atoms with Gasteiger partial charge in [0.25, 0.3) is 0 Å². The molecule has 0 fully saturated rings. The van der Waals surface area contributed by atoms with E-state index < -0.39 is 0 Å². The van der Waals surface area contributed by atoms with E-state index in [0.29, 0.717) is 0 Å². The predicted octanol–water partition coefficient (Wildman–Crippen LogP) is 8.90. The highest BCUT2D eigenvalue weighted by molar-refractivity contribution is 7.18. The molecule has 0 spiro atoms. The summed E-state index contributed by atoms with van der Waals surface area (Å²) in [6.07, 6.45) is 3.34. The molecule has 0 radical (unpaired) electrons. The molecule has 5 rings (SSSR count). The summed E-state index contributed by atoms with van der Waals surface area (Å²) >= 11 is 1.88. The molecule has 0 atom stereocenters. The number of hydrogen-bond donors (Lipinski definition) is 0. The zero-order chi connectivity index (χ0) is 20.5. The fraction of sp³-hybridized carbons (Fsp3) is 0.172. The molecule has 4 aromatic carbocycles. The van der Waals surface area contributed by atoms with Crippen LogP contribution in [0.25, 0.3) is 42.4 Å². The zero-order valence-corrected chi connectivity index (χ0v) is 18.4. The standard InChI is InChI=1S/C29H26S/c1-3-10-23-25-14-9-8-13-24(25)22(4-2)27-19-21(15-16-26(23)27)29-18-17-28(30-29)20-11-6-5-7-12-20/h5-9,11-19H,3-4,10H2,1-2H3. The van der Waals surface area contributed by atoms with E-state index in [-0.39, 0.29) is 0 Å². The molecule has 0 aliphatic heterocycles. The number of fused-ring (bicyclic) bond motifs is 2. The first kappa shape index (κ1) is 19.1. The molecule has 0 unspecified atom stereocenters. The van der Waals surface area contributed by atoms with Crippen molar-refractivity contribution < 1.29 is 0 Å². The molecule has 0 amide bonds. The van der Waals surface area contributed by atoms with Gasteiger partial charge in [0.1, 0.15) is 0 Å². The van der Waals surface area contributed by atoms with Crippen molar-refractivity contribution in [2.24, 2.45) is 0 Å². The van der Waals surface area contributed by atoms with E-state index in [9.17, 15) is 0 Å². The van der Waals surface area contributed by atoms with Crippen LogP contribution in [0.4, 0.5) is 0 Å². The summed E-state index contributed by atoms with van der Waals surface area (Å²) in [7, 11) is 0. The predicted molar refractivity (Wildman–Crippen MR) is 134 cm³/mol. The molecule has 0 aliphatic rings. The first-order valence-electron chi connectivity index (χ1n) is 10.9. The second kappa shape index (κ2) is 8.08. The van der Waals surface area contributed by atoms with Gasteiger partial charge in [-0.25, -0.2) is 0 Å². The van der Waals surface area contributed by atoms with Crippen molar-refractivity contribution in [3.05, 3.63) is 96.1 Å². The van der Waals surface area contributed by atoms with Gasteiger partial charge in [-0.05, 0) is 74.8 Å². The molecule has 1 heterocycles. The third-order valence-electron chi connectivity index (χ3n) is 6.05. The van der Waals surface area contributed by atoms with Gasteiger partial charge in [-0.2, -0.15) is 0 Å². The van der Waals surface area contributed by atoms with Crippen LogP contribution in [0.3, 0.4) is 0 Å². The lowest BCUT2D eigenvalue weighted by atomic mass is 9.88. The highest BCUT2D eigenvalue weighted by atomic mass is 32.1. The SMILES string of the molecule is CCCc1c2ccccc2c(CC)c2cc(-c3ccc(-c4ccccc4)s3)ccc12. The van der Waals surface area contributed by atoms with Crippen molar-refractivity contribution in [1.82, 2.24) is 0 Å². The Kier molecular flexibility index (Phi) is 5.14. The van der Waals surface area contributed by atoms with Crippen molar-refractivity contribution in [2.75, 3.05) is 0 Å². The summed E-state index contributed by atoms with van der Waals surface area (Å²) < 4.78 is 0. The fourth-order valence-electron chi connectivity index (χ4n) is 4.66. The Morgan fingerprint density at radius 2 is 1.20 bits per heavy atom. The minimum absolute atomic E-state index is 1.05. The Balaban J connectivity index is 1.71. The van der Waals surface area contributed by atoms with Crippen LogP contribution >= 0.6 is 11.3 Å². The van der Waals surface area contributed by atoms with Gasteiger partial charge in [-0.3, -0.25) is 0 Å². The zero-order valence-electron chi connectivity index (χ0n) is 17.6. The lowest BCUT2D eigenvalue weighted by Gasteiger charge is -2.16. The van der Waals surface area contributed by atoms with Gasteiger partial charge < -0.3 is 0 Å². The third-order valence-corrected chi connectivity index (χ3v) is 7.23. The van der Waals surface area contributed by atoms with Crippen molar-refractivity contribution in [3.8, 4) is 20.9 Å². The van der Waals surface area contributed by atoms with Gasteiger partial charge in [0.15, 0.2) is 0 Å². The smallest absolute Gasteiger partial charge is 0.0349 e. The second-order valence-electron chi connectivity index (χ2n) is 7.90. The van der Waals surface area contributed by atoms with Gasteiger partial charge in [0.05, 0.1) is 0 Å². The maximum absolute atomic E-state index is 2.43. The molecule has 0 saturated heterocycles. The number of rotatable bonds is 5. The fourth-order valence-corrected chi connectivity index (χ4v) is 5.67. The van der Waals surface area contributed by atoms with Crippen molar-refractivity contribution >= 4 is 32.9 Å². The maximum atomic E-state index is 2.43. The topological polar surface area (TPSA) is 0 Å². The van der Waals surface area contributed by atoms with E-state index in [1.807, 2.05) is 11.3 Å². The molecule has 1 aromatic heterocycles. The van der Waals surface area contributed by atoms with Gasteiger partial charge in [-0.15, -0.1) is 11.3 Å². The highest BCUT2D eigenvalue weighted by Gasteiger charge is 2.14. The van der Waals surface area contributed by atoms with E-state index in [1.54, 1.807) is 0 Å². The monoisotopic (exact) mass is 406 g/mol. The molecule has 0 nitrogen and oxygen atoms in total. The first-order chi connectivity index (χ1) is 14.8. The van der Waals surface area contributed by atoms with Gasteiger partial charge in [0.2, 0.25) is 0 Å². The minimum atomic E-state index is 1.05. The van der Waals surface area contributed by atoms with E-state index in [1.165, 1.54) is 53.6 Å². The Bertz CT molecular complexity index is 1330. The van der Waals surface area contributed by atoms with Crippen LogP contribution in [0.1, 0.15) is 31.4 Å². The lowest BCUT2D eigenvalue weighted by Crippen LogP contribution is -1.95. The molecule has 1 heteroatoms. The van der Waals surface area contributed by atoms with Gasteiger partial charge in [0, 0.05) is 9.75 Å². The number of hydrogen-bond acceptors (Lipinski definition) is 1. The third kappa shape index (κ3) is 3.24. The summed E-state index contributed by atoms with van der Waals surface area (Å²) in [5.74, 6) is 0. The van der Waals surface area contributed by atoms with Crippen LogP contribution in [-0.4, -0.2) is 0 Å². The molecule has 5 aromatic rings. The molecule has 0 aliphatic carbocycles. The quantitative estimate of drug-likeness (QED) is 0.256. The van der Waals surface area contributed by atoms with E-state index >= 15 is 0 Å². The summed E-state index contributed by atoms with van der Waals surface area (Å²) in [6.45, 7) is 4.56. The van der Waals surface area contributed by atoms with Crippen LogP contribution < -0.4 is 0 Å². The van der Waals surface area contributed by atoms with E-state index in [4.69, 9.17) is 0 Å². The van der Waals surface area contributed by atoms with Crippen LogP contribution in [0.15, 0.2) is 84.9 Å². The molecule has 0 bridgehead atoms. The Hall–Kier alpha value is -2.90. The largest absolute Gasteiger partial charge is 0.135 e. The molecular formula is C29H26S. The van der Waals surface area contributed by atoms with Crippen LogP contribution in [0.2, 0.25) is 0 Å². The average Bonchev–Trinajstić information content (AvgIpc) is 3.30. The molecule has 148 valence electrons. The highest BCUT2D eigenvalue weighted by Crippen LogP contribution is 2.39. The average molecular weight is 407 g/mol. The van der Waals surface area contributed by atoms with E-state index in [2.05, 4.69) is 98.8 Å². The van der Waals surface area contributed by atoms with Crippen molar-refractivity contribution in [1.29, 1.82) is 0 Å².